The van der Waals surface area contributed by atoms with E-state index in [9.17, 15) is 4.39 Å². The largest absolute Gasteiger partial charge is 0.495 e. The zero-order valence-electron chi connectivity index (χ0n) is 10.7. The van der Waals surface area contributed by atoms with Crippen LogP contribution < -0.4 is 10.1 Å². The molecule has 1 aromatic heterocycles. The molecule has 0 fully saturated rings. The number of rotatable bonds is 4. The Morgan fingerprint density at radius 3 is 2.79 bits per heavy atom. The van der Waals surface area contributed by atoms with Gasteiger partial charge in [0.25, 0.3) is 0 Å². The lowest BCUT2D eigenvalue weighted by Crippen LogP contribution is -2.18. The fourth-order valence-corrected chi connectivity index (χ4v) is 2.42. The first-order valence-electron chi connectivity index (χ1n) is 5.77. The standard InChI is InChI=1S/C14H14BrFN2O/c1-17-14(9-5-11(19-2)8-18-7-9)12-6-10(16)3-4-13(12)15/h3-8,14,17H,1-2H3. The molecule has 0 aliphatic carbocycles. The quantitative estimate of drug-likeness (QED) is 0.937. The number of methoxy groups -OCH3 is 1. The summed E-state index contributed by atoms with van der Waals surface area (Å²) in [6.45, 7) is 0. The average Bonchev–Trinajstić information content (AvgIpc) is 2.44. The zero-order chi connectivity index (χ0) is 13.8. The molecule has 3 nitrogen and oxygen atoms in total. The number of hydrogen-bond acceptors (Lipinski definition) is 3. The number of hydrogen-bond donors (Lipinski definition) is 1. The van der Waals surface area contributed by atoms with Crippen LogP contribution in [-0.2, 0) is 0 Å². The molecule has 19 heavy (non-hydrogen) atoms. The minimum Gasteiger partial charge on any atom is -0.495 e. The van der Waals surface area contributed by atoms with Gasteiger partial charge in [0.1, 0.15) is 11.6 Å². The fraction of sp³-hybridized carbons (Fsp3) is 0.214. The highest BCUT2D eigenvalue weighted by atomic mass is 79.9. The molecule has 2 rings (SSSR count). The molecular weight excluding hydrogens is 311 g/mol. The van der Waals surface area contributed by atoms with Gasteiger partial charge >= 0.3 is 0 Å². The highest BCUT2D eigenvalue weighted by molar-refractivity contribution is 9.10. The van der Waals surface area contributed by atoms with Crippen LogP contribution >= 0.6 is 15.9 Å². The van der Waals surface area contributed by atoms with Gasteiger partial charge in [0, 0.05) is 10.7 Å². The summed E-state index contributed by atoms with van der Waals surface area (Å²) >= 11 is 3.45. The van der Waals surface area contributed by atoms with E-state index in [1.807, 2.05) is 13.1 Å². The van der Waals surface area contributed by atoms with E-state index in [4.69, 9.17) is 4.74 Å². The number of nitrogens with one attached hydrogen (secondary N) is 1. The predicted octanol–water partition coefficient (Wildman–Crippen LogP) is 3.30. The molecule has 5 heteroatoms. The van der Waals surface area contributed by atoms with Crippen molar-refractivity contribution in [3.63, 3.8) is 0 Å². The number of benzene rings is 1. The topological polar surface area (TPSA) is 34.2 Å². The van der Waals surface area contributed by atoms with E-state index in [0.29, 0.717) is 5.75 Å². The summed E-state index contributed by atoms with van der Waals surface area (Å²) in [6, 6.07) is 6.34. The molecule has 1 unspecified atom stereocenters. The van der Waals surface area contributed by atoms with Gasteiger partial charge in [-0.05, 0) is 42.4 Å². The number of aromatic nitrogens is 1. The molecule has 1 N–H and O–H groups in total. The third-order valence-corrected chi connectivity index (χ3v) is 3.58. The molecule has 1 heterocycles. The van der Waals surface area contributed by atoms with E-state index in [1.54, 1.807) is 25.6 Å². The Bertz CT molecular complexity index is 577. The Kier molecular flexibility index (Phi) is 4.50. The van der Waals surface area contributed by atoms with Crippen molar-refractivity contribution in [1.82, 2.24) is 10.3 Å². The Balaban J connectivity index is 2.46. The van der Waals surface area contributed by atoms with Crippen molar-refractivity contribution in [3.05, 3.63) is 58.1 Å². The minimum absolute atomic E-state index is 0.160. The third-order valence-electron chi connectivity index (χ3n) is 2.86. The predicted molar refractivity (Wildman–Crippen MR) is 75.8 cm³/mol. The number of halogens is 2. The minimum atomic E-state index is -0.269. The molecular formula is C14H14BrFN2O. The lowest BCUT2D eigenvalue weighted by Gasteiger charge is -2.19. The Labute approximate surface area is 119 Å². The highest BCUT2D eigenvalue weighted by Crippen LogP contribution is 2.30. The molecule has 0 bridgehead atoms. The van der Waals surface area contributed by atoms with Crippen molar-refractivity contribution in [3.8, 4) is 5.75 Å². The first kappa shape index (κ1) is 14.0. The third kappa shape index (κ3) is 3.11. The molecule has 0 radical (unpaired) electrons. The summed E-state index contributed by atoms with van der Waals surface area (Å²) in [6.07, 6.45) is 3.37. The van der Waals surface area contributed by atoms with Gasteiger partial charge in [-0.1, -0.05) is 15.9 Å². The Morgan fingerprint density at radius 1 is 1.32 bits per heavy atom. The van der Waals surface area contributed by atoms with E-state index >= 15 is 0 Å². The SMILES string of the molecule is CNC(c1cncc(OC)c1)c1cc(F)ccc1Br. The van der Waals surface area contributed by atoms with Crippen molar-refractivity contribution >= 4 is 15.9 Å². The average molecular weight is 325 g/mol. The van der Waals surface area contributed by atoms with Crippen LogP contribution in [0.25, 0.3) is 0 Å². The van der Waals surface area contributed by atoms with Crippen molar-refractivity contribution < 1.29 is 9.13 Å². The summed E-state index contributed by atoms with van der Waals surface area (Å²) in [5.41, 5.74) is 1.73. The first-order chi connectivity index (χ1) is 9.15. The molecule has 0 aliphatic rings. The summed E-state index contributed by atoms with van der Waals surface area (Å²) in [7, 11) is 3.41. The highest BCUT2D eigenvalue weighted by Gasteiger charge is 2.16. The van der Waals surface area contributed by atoms with Gasteiger partial charge in [0.15, 0.2) is 0 Å². The van der Waals surface area contributed by atoms with E-state index in [-0.39, 0.29) is 11.9 Å². The number of nitrogens with zero attached hydrogens (tertiary/aromatic N) is 1. The second-order valence-corrected chi connectivity index (χ2v) is 4.90. The smallest absolute Gasteiger partial charge is 0.137 e. The molecule has 2 aromatic rings. The molecule has 0 saturated heterocycles. The van der Waals surface area contributed by atoms with E-state index in [1.165, 1.54) is 12.1 Å². The van der Waals surface area contributed by atoms with Crippen LogP contribution in [0.2, 0.25) is 0 Å². The second-order valence-electron chi connectivity index (χ2n) is 4.05. The van der Waals surface area contributed by atoms with E-state index in [2.05, 4.69) is 26.2 Å². The summed E-state index contributed by atoms with van der Waals surface area (Å²) < 4.78 is 19.4. The van der Waals surface area contributed by atoms with Gasteiger partial charge in [-0.3, -0.25) is 4.98 Å². The molecule has 100 valence electrons. The van der Waals surface area contributed by atoms with Crippen molar-refractivity contribution in [2.75, 3.05) is 14.2 Å². The van der Waals surface area contributed by atoms with Crippen LogP contribution in [0.3, 0.4) is 0 Å². The van der Waals surface area contributed by atoms with Gasteiger partial charge in [-0.2, -0.15) is 0 Å². The normalized spacial score (nSPS) is 12.2. The molecule has 0 aliphatic heterocycles. The summed E-state index contributed by atoms with van der Waals surface area (Å²) in [5, 5.41) is 3.16. The Hall–Kier alpha value is -1.46. The molecule has 1 aromatic carbocycles. The summed E-state index contributed by atoms with van der Waals surface area (Å²) in [4.78, 5) is 4.13. The number of pyridine rings is 1. The molecule has 0 amide bonds. The van der Waals surface area contributed by atoms with Crippen LogP contribution in [0.4, 0.5) is 4.39 Å². The van der Waals surface area contributed by atoms with Gasteiger partial charge in [0.2, 0.25) is 0 Å². The maximum atomic E-state index is 13.4. The van der Waals surface area contributed by atoms with Crippen LogP contribution in [-0.4, -0.2) is 19.1 Å². The van der Waals surface area contributed by atoms with Gasteiger partial charge in [0.05, 0.1) is 19.3 Å². The maximum Gasteiger partial charge on any atom is 0.137 e. The zero-order valence-corrected chi connectivity index (χ0v) is 12.2. The van der Waals surface area contributed by atoms with E-state index < -0.39 is 0 Å². The van der Waals surface area contributed by atoms with Crippen LogP contribution in [0, 0.1) is 5.82 Å². The molecule has 0 saturated carbocycles. The van der Waals surface area contributed by atoms with Gasteiger partial charge < -0.3 is 10.1 Å². The van der Waals surface area contributed by atoms with Gasteiger partial charge in [-0.25, -0.2) is 4.39 Å². The molecule has 1 atom stereocenters. The maximum absolute atomic E-state index is 13.4. The van der Waals surface area contributed by atoms with E-state index in [0.717, 1.165) is 15.6 Å². The van der Waals surface area contributed by atoms with Crippen molar-refractivity contribution in [2.24, 2.45) is 0 Å². The number of ether oxygens (including phenoxy) is 1. The lowest BCUT2D eigenvalue weighted by molar-refractivity contribution is 0.411. The van der Waals surface area contributed by atoms with Gasteiger partial charge in [-0.15, -0.1) is 0 Å². The van der Waals surface area contributed by atoms with Crippen molar-refractivity contribution in [1.29, 1.82) is 0 Å². The second kappa shape index (κ2) is 6.12. The molecule has 0 spiro atoms. The van der Waals surface area contributed by atoms with Crippen LogP contribution in [0.15, 0.2) is 41.1 Å². The van der Waals surface area contributed by atoms with Crippen LogP contribution in [0.1, 0.15) is 17.2 Å². The lowest BCUT2D eigenvalue weighted by atomic mass is 10.00. The fourth-order valence-electron chi connectivity index (χ4n) is 1.94. The Morgan fingerprint density at radius 2 is 2.11 bits per heavy atom. The summed E-state index contributed by atoms with van der Waals surface area (Å²) in [5.74, 6) is 0.402. The van der Waals surface area contributed by atoms with Crippen molar-refractivity contribution in [2.45, 2.75) is 6.04 Å². The monoisotopic (exact) mass is 324 g/mol. The first-order valence-corrected chi connectivity index (χ1v) is 6.56. The van der Waals surface area contributed by atoms with Crippen LogP contribution in [0.5, 0.6) is 5.75 Å².